The fraction of sp³-hybridized carbons (Fsp3) is 0.250. The molecule has 0 radical (unpaired) electrons. The first-order chi connectivity index (χ1) is 4.18. The van der Waals surface area contributed by atoms with Crippen molar-refractivity contribution in [2.24, 2.45) is 11.6 Å². The quantitative estimate of drug-likeness (QED) is 0.0882. The average molecular weight is 242 g/mol. The molecule has 0 fully saturated rings. The van der Waals surface area contributed by atoms with Gasteiger partial charge in [0.2, 0.25) is 0 Å². The first-order valence-corrected chi connectivity index (χ1v) is 4.80. The molecule has 0 bridgehead atoms. The molecule has 0 rings (SSSR count). The van der Waals surface area contributed by atoms with Crippen LogP contribution in [0.5, 0.6) is 0 Å². The van der Waals surface area contributed by atoms with Crippen LogP contribution in [0.15, 0.2) is 12.3 Å². The molecule has 0 aromatic carbocycles. The Morgan fingerprint density at radius 2 is 2.33 bits per heavy atom. The minimum absolute atomic E-state index is 0.0493. The van der Waals surface area contributed by atoms with Crippen molar-refractivity contribution >= 4 is 3.79 Å². The summed E-state index contributed by atoms with van der Waals surface area (Å²) in [5.41, 5.74) is 7.61. The Labute approximate surface area is 63.9 Å². The van der Waals surface area contributed by atoms with Crippen LogP contribution < -0.4 is 38.2 Å². The normalized spacial score (nSPS) is 9.44. The molecule has 0 aliphatic heterocycles. The van der Waals surface area contributed by atoms with Crippen LogP contribution in [0.1, 0.15) is 0 Å². The molecule has 9 heavy (non-hydrogen) atoms. The Morgan fingerprint density at radius 3 is 2.67 bits per heavy atom. The SMILES string of the molecule is C=C(N)C(=O)[I-]CNN. The molecule has 0 heterocycles. The molecule has 0 spiro atoms. The topological polar surface area (TPSA) is 81.1 Å². The van der Waals surface area contributed by atoms with E-state index in [1.807, 2.05) is 0 Å². The van der Waals surface area contributed by atoms with Crippen molar-refractivity contribution in [3.8, 4) is 0 Å². The molecule has 54 valence electrons. The van der Waals surface area contributed by atoms with E-state index in [2.05, 4.69) is 12.0 Å². The van der Waals surface area contributed by atoms with E-state index in [0.29, 0.717) is 4.55 Å². The van der Waals surface area contributed by atoms with Crippen LogP contribution in [-0.2, 0) is 4.79 Å². The monoisotopic (exact) mass is 242 g/mol. The van der Waals surface area contributed by atoms with Crippen LogP contribution in [0, 0.1) is 0 Å². The third-order valence-corrected chi connectivity index (χ3v) is 2.73. The van der Waals surface area contributed by atoms with Gasteiger partial charge in [-0.1, -0.05) is 0 Å². The molecule has 0 aromatic heterocycles. The maximum absolute atomic E-state index is 10.6. The third kappa shape index (κ3) is 4.37. The number of halogens is 1. The van der Waals surface area contributed by atoms with Gasteiger partial charge in [-0.2, -0.15) is 0 Å². The van der Waals surface area contributed by atoms with Crippen LogP contribution in [0.3, 0.4) is 0 Å². The van der Waals surface area contributed by atoms with Crippen LogP contribution in [0.25, 0.3) is 0 Å². The molecule has 0 saturated carbocycles. The first kappa shape index (κ1) is 8.86. The number of carbonyl (C=O) groups is 1. The summed E-state index contributed by atoms with van der Waals surface area (Å²) in [6, 6.07) is 0. The summed E-state index contributed by atoms with van der Waals surface area (Å²) >= 11 is -0.578. The standard InChI is InChI=1S/C4H9IN3O/c1-3(6)4(9)5-2-8-7/h8H,1-2,6-7H2/q-1. The Bertz CT molecular complexity index is 125. The molecular weight excluding hydrogens is 233 g/mol. The zero-order chi connectivity index (χ0) is 7.28. The zero-order valence-corrected chi connectivity index (χ0v) is 7.01. The van der Waals surface area contributed by atoms with Gasteiger partial charge in [0.05, 0.1) is 0 Å². The van der Waals surface area contributed by atoms with Crippen molar-refractivity contribution in [2.45, 2.75) is 0 Å². The number of allylic oxidation sites excluding steroid dienone is 1. The zero-order valence-electron chi connectivity index (χ0n) is 4.86. The van der Waals surface area contributed by atoms with E-state index < -0.39 is 21.2 Å². The van der Waals surface area contributed by atoms with Crippen molar-refractivity contribution in [2.75, 3.05) is 4.55 Å². The molecule has 0 aliphatic rings. The molecule has 5 heteroatoms. The van der Waals surface area contributed by atoms with E-state index in [0.717, 1.165) is 0 Å². The van der Waals surface area contributed by atoms with Crippen LogP contribution in [0.4, 0.5) is 0 Å². The van der Waals surface area contributed by atoms with Crippen molar-refractivity contribution < 1.29 is 26.0 Å². The second kappa shape index (κ2) is 4.71. The fourth-order valence-electron chi connectivity index (χ4n) is 0.185. The second-order valence-electron chi connectivity index (χ2n) is 1.27. The molecular formula is C4H9IN3O-. The van der Waals surface area contributed by atoms with E-state index in [4.69, 9.17) is 11.6 Å². The molecule has 0 aromatic rings. The molecule has 5 N–H and O–H groups in total. The number of hydrazine groups is 1. The summed E-state index contributed by atoms with van der Waals surface area (Å²) in [4.78, 5) is 10.6. The molecule has 0 atom stereocenters. The van der Waals surface area contributed by atoms with Crippen molar-refractivity contribution in [1.29, 1.82) is 0 Å². The van der Waals surface area contributed by atoms with Crippen LogP contribution >= 0.6 is 0 Å². The van der Waals surface area contributed by atoms with E-state index in [1.54, 1.807) is 0 Å². The number of nitrogens with two attached hydrogens (primary N) is 2. The molecule has 4 nitrogen and oxygen atoms in total. The summed E-state index contributed by atoms with van der Waals surface area (Å²) in [6.07, 6.45) is 0. The van der Waals surface area contributed by atoms with Gasteiger partial charge in [0.15, 0.2) is 0 Å². The van der Waals surface area contributed by atoms with Gasteiger partial charge in [0.1, 0.15) is 0 Å². The Hall–Kier alpha value is -0.140. The Balaban J connectivity index is 3.39. The number of nitrogens with one attached hydrogen (secondary N) is 1. The van der Waals surface area contributed by atoms with E-state index in [9.17, 15) is 4.79 Å². The van der Waals surface area contributed by atoms with Gasteiger partial charge in [-0.25, -0.2) is 0 Å². The van der Waals surface area contributed by atoms with Gasteiger partial charge >= 0.3 is 63.6 Å². The van der Waals surface area contributed by atoms with Gasteiger partial charge in [0.25, 0.3) is 0 Å². The summed E-state index contributed by atoms with van der Waals surface area (Å²) in [6.45, 7) is 3.30. The molecule has 0 amide bonds. The summed E-state index contributed by atoms with van der Waals surface area (Å²) in [5, 5.41) is 0. The maximum atomic E-state index is 10.6. The van der Waals surface area contributed by atoms with E-state index >= 15 is 0 Å². The van der Waals surface area contributed by atoms with Crippen LogP contribution in [0.2, 0.25) is 0 Å². The van der Waals surface area contributed by atoms with Gasteiger partial charge in [-0.05, 0) is 0 Å². The predicted molar refractivity (Wildman–Crippen MR) is 30.5 cm³/mol. The Kier molecular flexibility index (Phi) is 4.64. The van der Waals surface area contributed by atoms with Crippen molar-refractivity contribution in [3.05, 3.63) is 12.3 Å². The van der Waals surface area contributed by atoms with Crippen LogP contribution in [-0.4, -0.2) is 8.34 Å². The van der Waals surface area contributed by atoms with E-state index in [-0.39, 0.29) is 9.49 Å². The first-order valence-electron chi connectivity index (χ1n) is 2.19. The van der Waals surface area contributed by atoms with Crippen molar-refractivity contribution in [3.63, 3.8) is 0 Å². The van der Waals surface area contributed by atoms with Gasteiger partial charge < -0.3 is 0 Å². The molecule has 0 saturated heterocycles. The Morgan fingerprint density at radius 1 is 1.78 bits per heavy atom. The number of alkyl halides is 1. The van der Waals surface area contributed by atoms with E-state index in [1.165, 1.54) is 0 Å². The number of carbonyl (C=O) groups excluding carboxylic acids is 1. The van der Waals surface area contributed by atoms with Gasteiger partial charge in [0, 0.05) is 0 Å². The molecule has 0 aliphatic carbocycles. The summed E-state index contributed by atoms with van der Waals surface area (Å²) in [7, 11) is 0. The van der Waals surface area contributed by atoms with Gasteiger partial charge in [-0.15, -0.1) is 0 Å². The number of hydrogen-bond acceptors (Lipinski definition) is 4. The fourth-order valence-corrected chi connectivity index (χ4v) is 1.24. The molecule has 0 unspecified atom stereocenters. The van der Waals surface area contributed by atoms with Gasteiger partial charge in [-0.3, -0.25) is 0 Å². The summed E-state index contributed by atoms with van der Waals surface area (Å²) in [5.74, 6) is 4.93. The summed E-state index contributed by atoms with van der Waals surface area (Å²) < 4.78 is 0.500. The third-order valence-electron chi connectivity index (χ3n) is 0.518. The number of rotatable bonds is 4. The second-order valence-corrected chi connectivity index (χ2v) is 3.78. The number of hydrogen-bond donors (Lipinski definition) is 3. The predicted octanol–water partition coefficient (Wildman–Crippen LogP) is -4.50. The van der Waals surface area contributed by atoms with Crippen molar-refractivity contribution in [1.82, 2.24) is 5.43 Å². The minimum atomic E-state index is -0.578. The average Bonchev–Trinajstić information content (AvgIpc) is 1.82.